The van der Waals surface area contributed by atoms with E-state index in [0.717, 1.165) is 17.6 Å². The van der Waals surface area contributed by atoms with Crippen LogP contribution < -0.4 is 5.32 Å². The van der Waals surface area contributed by atoms with Gasteiger partial charge in [0.15, 0.2) is 0 Å². The summed E-state index contributed by atoms with van der Waals surface area (Å²) in [6.07, 6.45) is -2.85. The van der Waals surface area contributed by atoms with Gasteiger partial charge in [0, 0.05) is 6.54 Å². The molecule has 0 radical (unpaired) electrons. The third-order valence-corrected chi connectivity index (χ3v) is 3.45. The lowest BCUT2D eigenvalue weighted by Gasteiger charge is -2.26. The van der Waals surface area contributed by atoms with Gasteiger partial charge in [-0.05, 0) is 35.8 Å². The van der Waals surface area contributed by atoms with E-state index in [1.807, 2.05) is 49.5 Å². The molecule has 1 N–H and O–H groups in total. The fourth-order valence-corrected chi connectivity index (χ4v) is 2.31. The van der Waals surface area contributed by atoms with Crippen LogP contribution in [0.2, 0.25) is 0 Å². The fourth-order valence-electron chi connectivity index (χ4n) is 2.31. The smallest absolute Gasteiger partial charge is 0.348 e. The van der Waals surface area contributed by atoms with E-state index in [0.29, 0.717) is 12.8 Å². The highest BCUT2D eigenvalue weighted by Gasteiger charge is 2.38. The summed E-state index contributed by atoms with van der Waals surface area (Å²) in [5.74, 6) is -1.88. The third-order valence-electron chi connectivity index (χ3n) is 3.45. The maximum Gasteiger partial charge on any atom is 0.471 e. The molecule has 0 aliphatic heterocycles. The first-order valence-corrected chi connectivity index (χ1v) is 7.20. The van der Waals surface area contributed by atoms with Crippen LogP contribution in [0.3, 0.4) is 0 Å². The molecule has 122 valence electrons. The lowest BCUT2D eigenvalue weighted by Crippen LogP contribution is -2.37. The molecule has 2 nitrogen and oxygen atoms in total. The van der Waals surface area contributed by atoms with Gasteiger partial charge in [0.25, 0.3) is 0 Å². The molecule has 0 unspecified atom stereocenters. The molecular formula is C17H22F3NO. The van der Waals surface area contributed by atoms with Gasteiger partial charge >= 0.3 is 12.1 Å². The Morgan fingerprint density at radius 3 is 2.32 bits per heavy atom. The molecule has 22 heavy (non-hydrogen) atoms. The summed E-state index contributed by atoms with van der Waals surface area (Å²) >= 11 is 0. The van der Waals surface area contributed by atoms with Crippen molar-refractivity contribution in [2.45, 2.75) is 39.3 Å². The van der Waals surface area contributed by atoms with Gasteiger partial charge in [-0.3, -0.25) is 4.79 Å². The minimum atomic E-state index is -4.81. The number of rotatable bonds is 7. The van der Waals surface area contributed by atoms with Crippen molar-refractivity contribution >= 4 is 11.5 Å². The molecule has 1 amide bonds. The molecule has 1 aromatic carbocycles. The number of benzene rings is 1. The molecule has 0 aliphatic rings. The van der Waals surface area contributed by atoms with Crippen LogP contribution in [0.1, 0.15) is 38.7 Å². The van der Waals surface area contributed by atoms with Crippen molar-refractivity contribution < 1.29 is 18.0 Å². The van der Waals surface area contributed by atoms with Crippen LogP contribution in [0.4, 0.5) is 13.2 Å². The average Bonchev–Trinajstić information content (AvgIpc) is 2.42. The first-order chi connectivity index (χ1) is 10.1. The molecule has 0 bridgehead atoms. The van der Waals surface area contributed by atoms with Crippen LogP contribution in [-0.4, -0.2) is 18.6 Å². The number of hydrogen-bond donors (Lipinski definition) is 1. The van der Waals surface area contributed by atoms with Gasteiger partial charge in [0.05, 0.1) is 0 Å². The maximum atomic E-state index is 12.0. The predicted octanol–water partition coefficient (Wildman–Crippen LogP) is 4.57. The number of carbonyl (C=O) groups is 1. The van der Waals surface area contributed by atoms with E-state index in [-0.39, 0.29) is 12.0 Å². The minimum absolute atomic E-state index is 0.0274. The van der Waals surface area contributed by atoms with Gasteiger partial charge in [-0.1, -0.05) is 50.8 Å². The van der Waals surface area contributed by atoms with Gasteiger partial charge in [-0.15, -0.1) is 0 Å². The van der Waals surface area contributed by atoms with Gasteiger partial charge in [0.1, 0.15) is 0 Å². The van der Waals surface area contributed by atoms with Gasteiger partial charge in [-0.2, -0.15) is 13.2 Å². The molecule has 0 fully saturated rings. The van der Waals surface area contributed by atoms with E-state index in [2.05, 4.69) is 6.58 Å². The summed E-state index contributed by atoms with van der Waals surface area (Å²) in [5, 5.41) is 1.89. The topological polar surface area (TPSA) is 29.1 Å². The summed E-state index contributed by atoms with van der Waals surface area (Å²) in [7, 11) is 0. The average molecular weight is 313 g/mol. The quantitative estimate of drug-likeness (QED) is 0.734. The van der Waals surface area contributed by atoms with E-state index in [4.69, 9.17) is 0 Å². The summed E-state index contributed by atoms with van der Waals surface area (Å²) in [4.78, 5) is 10.7. The van der Waals surface area contributed by atoms with Crippen molar-refractivity contribution in [1.29, 1.82) is 0 Å². The molecule has 0 heterocycles. The first kappa shape index (κ1) is 18.3. The number of nitrogens with one attached hydrogen (secondary N) is 1. The highest BCUT2D eigenvalue weighted by molar-refractivity contribution is 5.81. The summed E-state index contributed by atoms with van der Waals surface area (Å²) in [5.41, 5.74) is 1.99. The van der Waals surface area contributed by atoms with E-state index in [1.54, 1.807) is 0 Å². The monoisotopic (exact) mass is 313 g/mol. The van der Waals surface area contributed by atoms with E-state index >= 15 is 0 Å². The molecule has 0 saturated heterocycles. The Labute approximate surface area is 129 Å². The summed E-state index contributed by atoms with van der Waals surface area (Å²) < 4.78 is 36.1. The van der Waals surface area contributed by atoms with Gasteiger partial charge in [0.2, 0.25) is 0 Å². The lowest BCUT2D eigenvalue weighted by atomic mass is 9.80. The van der Waals surface area contributed by atoms with Crippen LogP contribution >= 0.6 is 0 Å². The molecule has 1 rings (SSSR count). The molecule has 5 heteroatoms. The zero-order valence-electron chi connectivity index (χ0n) is 13.0. The van der Waals surface area contributed by atoms with Crippen molar-refractivity contribution in [1.82, 2.24) is 5.32 Å². The van der Waals surface area contributed by atoms with Crippen molar-refractivity contribution in [2.24, 2.45) is 5.41 Å². The molecule has 0 aliphatic carbocycles. The van der Waals surface area contributed by atoms with E-state index in [9.17, 15) is 18.0 Å². The van der Waals surface area contributed by atoms with Crippen LogP contribution in [0.25, 0.3) is 5.57 Å². The largest absolute Gasteiger partial charge is 0.471 e. The van der Waals surface area contributed by atoms with Crippen molar-refractivity contribution in [2.75, 3.05) is 6.54 Å². The summed E-state index contributed by atoms with van der Waals surface area (Å²) in [6, 6.07) is 9.80. The molecular weight excluding hydrogens is 291 g/mol. The molecule has 0 saturated carbocycles. The maximum absolute atomic E-state index is 12.0. The zero-order valence-corrected chi connectivity index (χ0v) is 13.0. The predicted molar refractivity (Wildman–Crippen MR) is 82.2 cm³/mol. The zero-order chi connectivity index (χ0) is 16.8. The molecule has 1 aromatic rings. The molecule has 0 atom stereocenters. The lowest BCUT2D eigenvalue weighted by molar-refractivity contribution is -0.173. The van der Waals surface area contributed by atoms with E-state index < -0.39 is 12.1 Å². The fraction of sp³-hybridized carbons (Fsp3) is 0.471. The number of carbonyl (C=O) groups excluding carboxylic acids is 1. The Kier molecular flexibility index (Phi) is 6.21. The van der Waals surface area contributed by atoms with Crippen molar-refractivity contribution in [3.63, 3.8) is 0 Å². The molecule has 0 spiro atoms. The second-order valence-electron chi connectivity index (χ2n) is 6.17. The van der Waals surface area contributed by atoms with Crippen LogP contribution in [0.15, 0.2) is 36.9 Å². The number of amides is 1. The highest BCUT2D eigenvalue weighted by atomic mass is 19.4. The highest BCUT2D eigenvalue weighted by Crippen LogP contribution is 2.33. The van der Waals surface area contributed by atoms with Gasteiger partial charge < -0.3 is 5.32 Å². The number of allylic oxidation sites excluding steroid dienone is 1. The number of hydrogen-bond acceptors (Lipinski definition) is 1. The first-order valence-electron chi connectivity index (χ1n) is 7.20. The van der Waals surface area contributed by atoms with Gasteiger partial charge in [-0.25, -0.2) is 0 Å². The van der Waals surface area contributed by atoms with Crippen LogP contribution in [0.5, 0.6) is 0 Å². The Bertz CT molecular complexity index is 506. The SMILES string of the molecule is C=C(CC(C)(C)CCCNC(=O)C(F)(F)F)c1ccccc1. The Morgan fingerprint density at radius 1 is 1.18 bits per heavy atom. The second kappa shape index (κ2) is 7.47. The normalized spacial score (nSPS) is 12.0. The Morgan fingerprint density at radius 2 is 1.77 bits per heavy atom. The van der Waals surface area contributed by atoms with E-state index in [1.165, 1.54) is 0 Å². The Hall–Kier alpha value is -1.78. The van der Waals surface area contributed by atoms with Crippen molar-refractivity contribution in [3.8, 4) is 0 Å². The second-order valence-corrected chi connectivity index (χ2v) is 6.17. The van der Waals surface area contributed by atoms with Crippen LogP contribution in [0, 0.1) is 5.41 Å². The Balaban J connectivity index is 2.38. The standard InChI is InChI=1S/C17H22F3NO/c1-13(14-8-5-4-6-9-14)12-16(2,3)10-7-11-21-15(22)17(18,19)20/h4-6,8-9H,1,7,10-12H2,2-3H3,(H,21,22). The summed E-state index contributed by atoms with van der Waals surface area (Å²) in [6.45, 7) is 8.20. The van der Waals surface area contributed by atoms with Crippen LogP contribution in [-0.2, 0) is 4.79 Å². The number of alkyl halides is 3. The molecule has 0 aromatic heterocycles. The minimum Gasteiger partial charge on any atom is -0.348 e. The number of halogens is 3. The van der Waals surface area contributed by atoms with Crippen molar-refractivity contribution in [3.05, 3.63) is 42.5 Å². The third kappa shape index (κ3) is 6.33.